The molecule has 1 aliphatic rings. The maximum absolute atomic E-state index is 11.2. The molecule has 15 heavy (non-hydrogen) atoms. The number of primary amides is 1. The first-order valence-electron chi connectivity index (χ1n) is 5.02. The van der Waals surface area contributed by atoms with Crippen molar-refractivity contribution in [1.82, 2.24) is 10.2 Å². The van der Waals surface area contributed by atoms with E-state index in [1.807, 2.05) is 6.07 Å². The topological polar surface area (TPSA) is 71.5 Å². The van der Waals surface area contributed by atoms with E-state index in [0.717, 1.165) is 18.7 Å². The Bertz CT molecular complexity index is 323. The minimum Gasteiger partial charge on any atom is -0.472 e. The average molecular weight is 209 g/mol. The Kier molecular flexibility index (Phi) is 3.03. The summed E-state index contributed by atoms with van der Waals surface area (Å²) >= 11 is 0. The van der Waals surface area contributed by atoms with Gasteiger partial charge in [0.15, 0.2) is 0 Å². The van der Waals surface area contributed by atoms with Gasteiger partial charge in [0.2, 0.25) is 5.91 Å². The molecule has 2 rings (SSSR count). The van der Waals surface area contributed by atoms with Crippen LogP contribution in [0.3, 0.4) is 0 Å². The van der Waals surface area contributed by atoms with Crippen LogP contribution in [0.15, 0.2) is 23.0 Å². The molecule has 1 aliphatic heterocycles. The summed E-state index contributed by atoms with van der Waals surface area (Å²) in [7, 11) is 0. The predicted molar refractivity (Wildman–Crippen MR) is 55.0 cm³/mol. The van der Waals surface area contributed by atoms with Crippen molar-refractivity contribution < 1.29 is 9.21 Å². The van der Waals surface area contributed by atoms with Crippen molar-refractivity contribution in [2.45, 2.75) is 12.6 Å². The summed E-state index contributed by atoms with van der Waals surface area (Å²) in [5.74, 6) is -0.273. The zero-order valence-corrected chi connectivity index (χ0v) is 8.48. The van der Waals surface area contributed by atoms with Crippen LogP contribution in [0.5, 0.6) is 0 Å². The summed E-state index contributed by atoms with van der Waals surface area (Å²) in [4.78, 5) is 13.3. The number of amides is 1. The van der Waals surface area contributed by atoms with E-state index in [9.17, 15) is 4.79 Å². The van der Waals surface area contributed by atoms with Gasteiger partial charge in [0.05, 0.1) is 12.5 Å². The first-order chi connectivity index (χ1) is 7.27. The van der Waals surface area contributed by atoms with Gasteiger partial charge in [0.1, 0.15) is 6.04 Å². The summed E-state index contributed by atoms with van der Waals surface area (Å²) in [6.45, 7) is 3.07. The molecule has 1 fully saturated rings. The van der Waals surface area contributed by atoms with Crippen molar-refractivity contribution in [2.24, 2.45) is 5.73 Å². The molecule has 1 unspecified atom stereocenters. The summed E-state index contributed by atoms with van der Waals surface area (Å²) in [6.07, 6.45) is 3.33. The van der Waals surface area contributed by atoms with E-state index in [0.29, 0.717) is 13.1 Å². The number of piperazine rings is 1. The lowest BCUT2D eigenvalue weighted by atomic mass is 10.1. The number of nitrogens with zero attached hydrogens (tertiary/aromatic N) is 1. The smallest absolute Gasteiger partial charge is 0.236 e. The van der Waals surface area contributed by atoms with Gasteiger partial charge >= 0.3 is 0 Å². The van der Waals surface area contributed by atoms with Crippen LogP contribution in [0.25, 0.3) is 0 Å². The highest BCUT2D eigenvalue weighted by Crippen LogP contribution is 2.10. The van der Waals surface area contributed by atoms with E-state index >= 15 is 0 Å². The maximum Gasteiger partial charge on any atom is 0.236 e. The van der Waals surface area contributed by atoms with Crippen LogP contribution in [0.4, 0.5) is 0 Å². The number of nitrogens with one attached hydrogen (secondary N) is 1. The van der Waals surface area contributed by atoms with Crippen LogP contribution in [-0.2, 0) is 11.3 Å². The Labute approximate surface area is 88.2 Å². The Morgan fingerprint density at radius 2 is 2.60 bits per heavy atom. The fourth-order valence-corrected chi connectivity index (χ4v) is 1.83. The second-order valence-electron chi connectivity index (χ2n) is 3.72. The Balaban J connectivity index is 2.02. The number of furan rings is 1. The summed E-state index contributed by atoms with van der Waals surface area (Å²) in [6, 6.07) is 1.69. The third kappa shape index (κ3) is 2.37. The van der Waals surface area contributed by atoms with Crippen LogP contribution >= 0.6 is 0 Å². The third-order valence-corrected chi connectivity index (χ3v) is 2.65. The molecule has 0 aromatic carbocycles. The monoisotopic (exact) mass is 209 g/mol. The largest absolute Gasteiger partial charge is 0.472 e. The van der Waals surface area contributed by atoms with E-state index in [-0.39, 0.29) is 11.9 Å². The Morgan fingerprint density at radius 1 is 1.73 bits per heavy atom. The molecule has 0 spiro atoms. The predicted octanol–water partition coefficient (Wildman–Crippen LogP) is -0.461. The van der Waals surface area contributed by atoms with Crippen molar-refractivity contribution in [1.29, 1.82) is 0 Å². The van der Waals surface area contributed by atoms with E-state index < -0.39 is 0 Å². The van der Waals surface area contributed by atoms with Gasteiger partial charge in [0, 0.05) is 31.7 Å². The van der Waals surface area contributed by atoms with E-state index in [1.165, 1.54) is 0 Å². The molecule has 82 valence electrons. The fourth-order valence-electron chi connectivity index (χ4n) is 1.83. The van der Waals surface area contributed by atoms with E-state index in [1.54, 1.807) is 12.5 Å². The lowest BCUT2D eigenvalue weighted by Crippen LogP contribution is -2.56. The molecule has 1 aromatic heterocycles. The van der Waals surface area contributed by atoms with Crippen molar-refractivity contribution in [3.05, 3.63) is 24.2 Å². The van der Waals surface area contributed by atoms with Crippen LogP contribution in [0, 0.1) is 0 Å². The van der Waals surface area contributed by atoms with Crippen LogP contribution in [0.2, 0.25) is 0 Å². The molecule has 0 radical (unpaired) electrons. The van der Waals surface area contributed by atoms with Crippen molar-refractivity contribution in [3.63, 3.8) is 0 Å². The van der Waals surface area contributed by atoms with Crippen molar-refractivity contribution in [2.75, 3.05) is 19.6 Å². The minimum absolute atomic E-state index is 0.214. The molecule has 5 nitrogen and oxygen atoms in total. The molecule has 1 atom stereocenters. The van der Waals surface area contributed by atoms with Gasteiger partial charge < -0.3 is 15.5 Å². The number of hydrogen-bond acceptors (Lipinski definition) is 4. The summed E-state index contributed by atoms with van der Waals surface area (Å²) < 4.78 is 4.99. The summed E-state index contributed by atoms with van der Waals surface area (Å²) in [5.41, 5.74) is 6.41. The first kappa shape index (κ1) is 10.2. The first-order valence-corrected chi connectivity index (χ1v) is 5.02. The fraction of sp³-hybridized carbons (Fsp3) is 0.500. The number of carbonyl (C=O) groups is 1. The van der Waals surface area contributed by atoms with Crippen molar-refractivity contribution >= 4 is 5.91 Å². The zero-order chi connectivity index (χ0) is 10.7. The van der Waals surface area contributed by atoms with Crippen LogP contribution < -0.4 is 11.1 Å². The quantitative estimate of drug-likeness (QED) is 0.706. The molecule has 1 aromatic rings. The highest BCUT2D eigenvalue weighted by molar-refractivity contribution is 5.80. The lowest BCUT2D eigenvalue weighted by molar-refractivity contribution is -0.124. The van der Waals surface area contributed by atoms with Crippen LogP contribution in [0.1, 0.15) is 5.56 Å². The molecular formula is C10H15N3O2. The Morgan fingerprint density at radius 3 is 3.27 bits per heavy atom. The molecule has 3 N–H and O–H groups in total. The lowest BCUT2D eigenvalue weighted by Gasteiger charge is -2.33. The van der Waals surface area contributed by atoms with Crippen molar-refractivity contribution in [3.8, 4) is 0 Å². The number of nitrogens with two attached hydrogens (primary N) is 1. The number of carbonyl (C=O) groups excluding carboxylic acids is 1. The van der Waals surface area contributed by atoms with Gasteiger partial charge in [-0.3, -0.25) is 9.69 Å². The molecule has 0 saturated carbocycles. The number of hydrogen-bond donors (Lipinski definition) is 2. The van der Waals surface area contributed by atoms with Gasteiger partial charge in [-0.1, -0.05) is 0 Å². The molecule has 5 heteroatoms. The summed E-state index contributed by atoms with van der Waals surface area (Å²) in [5, 5.41) is 3.16. The number of rotatable bonds is 3. The minimum atomic E-state index is -0.273. The molecule has 0 bridgehead atoms. The van der Waals surface area contributed by atoms with Gasteiger partial charge in [-0.25, -0.2) is 0 Å². The van der Waals surface area contributed by atoms with Gasteiger partial charge in [-0.15, -0.1) is 0 Å². The van der Waals surface area contributed by atoms with Gasteiger partial charge in [-0.2, -0.15) is 0 Å². The third-order valence-electron chi connectivity index (χ3n) is 2.65. The molecule has 1 amide bonds. The maximum atomic E-state index is 11.2. The van der Waals surface area contributed by atoms with E-state index in [4.69, 9.17) is 10.2 Å². The second-order valence-corrected chi connectivity index (χ2v) is 3.72. The molecule has 1 saturated heterocycles. The SMILES string of the molecule is NC(=O)C1CNCCN1Cc1ccoc1. The van der Waals surface area contributed by atoms with Gasteiger partial charge in [-0.05, 0) is 6.07 Å². The van der Waals surface area contributed by atoms with Crippen LogP contribution in [-0.4, -0.2) is 36.5 Å². The highest BCUT2D eigenvalue weighted by atomic mass is 16.3. The Hall–Kier alpha value is -1.33. The second kappa shape index (κ2) is 4.46. The van der Waals surface area contributed by atoms with E-state index in [2.05, 4.69) is 10.2 Å². The molecular weight excluding hydrogens is 194 g/mol. The van der Waals surface area contributed by atoms with Gasteiger partial charge in [0.25, 0.3) is 0 Å². The highest BCUT2D eigenvalue weighted by Gasteiger charge is 2.26. The average Bonchev–Trinajstić information content (AvgIpc) is 2.71. The molecule has 0 aliphatic carbocycles. The molecule has 2 heterocycles. The zero-order valence-electron chi connectivity index (χ0n) is 8.48. The normalized spacial score (nSPS) is 22.8. The standard InChI is InChI=1S/C10H15N3O2/c11-10(14)9-5-12-2-3-13(9)6-8-1-4-15-7-8/h1,4,7,9,12H,2-3,5-6H2,(H2,11,14).